The third-order valence-corrected chi connectivity index (χ3v) is 3.97. The van der Waals surface area contributed by atoms with Crippen LogP contribution in [0.5, 0.6) is 0 Å². The van der Waals surface area contributed by atoms with Crippen molar-refractivity contribution < 1.29 is 9.18 Å². The monoisotopic (exact) mass is 285 g/mol. The van der Waals surface area contributed by atoms with Gasteiger partial charge in [-0.1, -0.05) is 11.6 Å². The lowest BCUT2D eigenvalue weighted by atomic mass is 10.1. The summed E-state index contributed by atoms with van der Waals surface area (Å²) in [4.78, 5) is 12.1. The summed E-state index contributed by atoms with van der Waals surface area (Å²) < 4.78 is 14.8. The number of rotatable bonds is 2. The summed E-state index contributed by atoms with van der Waals surface area (Å²) >= 11 is 1.64. The second-order valence-corrected chi connectivity index (χ2v) is 5.56. The maximum Gasteiger partial charge on any atom is 0.258 e. The molecule has 3 rings (SSSR count). The van der Waals surface area contributed by atoms with Gasteiger partial charge in [0.2, 0.25) is 0 Å². The lowest BCUT2D eigenvalue weighted by molar-refractivity contribution is 0.102. The van der Waals surface area contributed by atoms with E-state index in [1.54, 1.807) is 23.5 Å². The fraction of sp³-hybridized carbons (Fsp3) is 0.0625. The summed E-state index contributed by atoms with van der Waals surface area (Å²) in [6.45, 7) is 1.83. The number of anilines is 1. The van der Waals surface area contributed by atoms with Crippen LogP contribution in [-0.2, 0) is 0 Å². The molecule has 1 heterocycles. The molecule has 4 heteroatoms. The van der Waals surface area contributed by atoms with E-state index in [0.29, 0.717) is 5.69 Å². The van der Waals surface area contributed by atoms with Gasteiger partial charge in [0.25, 0.3) is 5.91 Å². The fourth-order valence-corrected chi connectivity index (χ4v) is 2.83. The summed E-state index contributed by atoms with van der Waals surface area (Å²) in [5.74, 6) is -0.939. The van der Waals surface area contributed by atoms with Gasteiger partial charge < -0.3 is 5.32 Å². The van der Waals surface area contributed by atoms with E-state index in [2.05, 4.69) is 5.32 Å². The first-order chi connectivity index (χ1) is 9.63. The molecular weight excluding hydrogens is 273 g/mol. The lowest BCUT2D eigenvalue weighted by Gasteiger charge is -2.07. The molecule has 0 saturated heterocycles. The Labute approximate surface area is 119 Å². The first-order valence-corrected chi connectivity index (χ1v) is 7.06. The molecule has 0 bridgehead atoms. The molecule has 0 spiro atoms. The van der Waals surface area contributed by atoms with Gasteiger partial charge in [-0.05, 0) is 54.1 Å². The maximum atomic E-state index is 13.7. The Bertz CT molecular complexity index is 794. The Hall–Kier alpha value is -2.20. The van der Waals surface area contributed by atoms with E-state index in [-0.39, 0.29) is 5.56 Å². The van der Waals surface area contributed by atoms with Crippen LogP contribution in [0.2, 0.25) is 0 Å². The number of amides is 1. The van der Waals surface area contributed by atoms with Crippen molar-refractivity contribution in [1.82, 2.24) is 0 Å². The average molecular weight is 285 g/mol. The molecule has 0 aliphatic rings. The number of aryl methyl sites for hydroxylation is 1. The highest BCUT2D eigenvalue weighted by Crippen LogP contribution is 2.24. The van der Waals surface area contributed by atoms with Gasteiger partial charge in [-0.25, -0.2) is 4.39 Å². The number of carbonyl (C=O) groups is 1. The van der Waals surface area contributed by atoms with E-state index < -0.39 is 11.7 Å². The molecule has 0 atom stereocenters. The number of fused-ring (bicyclic) bond motifs is 1. The van der Waals surface area contributed by atoms with E-state index in [0.717, 1.165) is 15.6 Å². The van der Waals surface area contributed by atoms with Crippen LogP contribution in [0.1, 0.15) is 15.9 Å². The molecule has 0 aliphatic heterocycles. The molecule has 100 valence electrons. The number of carbonyl (C=O) groups excluding carboxylic acids is 1. The zero-order valence-electron chi connectivity index (χ0n) is 10.8. The first kappa shape index (κ1) is 12.8. The molecule has 0 fully saturated rings. The van der Waals surface area contributed by atoms with E-state index in [9.17, 15) is 9.18 Å². The predicted octanol–water partition coefficient (Wildman–Crippen LogP) is 4.60. The molecule has 2 aromatic carbocycles. The largest absolute Gasteiger partial charge is 0.322 e. The highest BCUT2D eigenvalue weighted by atomic mass is 32.1. The van der Waals surface area contributed by atoms with E-state index in [1.165, 1.54) is 6.07 Å². The number of nitrogens with one attached hydrogen (secondary N) is 1. The highest BCUT2D eigenvalue weighted by Gasteiger charge is 2.12. The molecular formula is C16H12FNOS. The number of thiophene rings is 1. The molecule has 0 aliphatic carbocycles. The second kappa shape index (κ2) is 5.06. The summed E-state index contributed by atoms with van der Waals surface area (Å²) in [6.07, 6.45) is 0. The summed E-state index contributed by atoms with van der Waals surface area (Å²) in [5.41, 5.74) is 1.59. The van der Waals surface area contributed by atoms with Gasteiger partial charge >= 0.3 is 0 Å². The van der Waals surface area contributed by atoms with Gasteiger partial charge in [-0.15, -0.1) is 11.3 Å². The maximum absolute atomic E-state index is 13.7. The Morgan fingerprint density at radius 1 is 1.15 bits per heavy atom. The fourth-order valence-electron chi connectivity index (χ4n) is 2.06. The van der Waals surface area contributed by atoms with Crippen LogP contribution in [-0.4, -0.2) is 5.91 Å². The quantitative estimate of drug-likeness (QED) is 0.732. The van der Waals surface area contributed by atoms with Crippen molar-refractivity contribution in [2.45, 2.75) is 6.92 Å². The van der Waals surface area contributed by atoms with Gasteiger partial charge in [-0.3, -0.25) is 4.79 Å². The van der Waals surface area contributed by atoms with Crippen LogP contribution in [0.25, 0.3) is 10.1 Å². The number of hydrogen-bond acceptors (Lipinski definition) is 2. The molecule has 1 aromatic heterocycles. The molecule has 0 unspecified atom stereocenters. The lowest BCUT2D eigenvalue weighted by Crippen LogP contribution is -2.13. The van der Waals surface area contributed by atoms with Gasteiger partial charge in [-0.2, -0.15) is 0 Å². The Balaban J connectivity index is 1.89. The standard InChI is InChI=1S/C16H12FNOS/c1-10-2-4-14(17)13(8-10)16(19)18-12-3-5-15-11(9-12)6-7-20-15/h2-9H,1H3,(H,18,19). The molecule has 1 amide bonds. The van der Waals surface area contributed by atoms with Crippen molar-refractivity contribution in [2.75, 3.05) is 5.32 Å². The highest BCUT2D eigenvalue weighted by molar-refractivity contribution is 7.17. The summed E-state index contributed by atoms with van der Waals surface area (Å²) in [5, 5.41) is 5.80. The number of hydrogen-bond donors (Lipinski definition) is 1. The summed E-state index contributed by atoms with van der Waals surface area (Å²) in [7, 11) is 0. The molecule has 2 nitrogen and oxygen atoms in total. The SMILES string of the molecule is Cc1ccc(F)c(C(=O)Nc2ccc3sccc3c2)c1. The zero-order valence-corrected chi connectivity index (χ0v) is 11.6. The van der Waals surface area contributed by atoms with Gasteiger partial charge in [0.05, 0.1) is 5.56 Å². The van der Waals surface area contributed by atoms with Crippen molar-refractivity contribution in [3.8, 4) is 0 Å². The van der Waals surface area contributed by atoms with Crippen LogP contribution in [0.15, 0.2) is 47.8 Å². The van der Waals surface area contributed by atoms with Crippen LogP contribution < -0.4 is 5.32 Å². The van der Waals surface area contributed by atoms with E-state index in [1.807, 2.05) is 36.6 Å². The van der Waals surface area contributed by atoms with Crippen molar-refractivity contribution in [1.29, 1.82) is 0 Å². The minimum Gasteiger partial charge on any atom is -0.322 e. The van der Waals surface area contributed by atoms with Crippen molar-refractivity contribution in [2.24, 2.45) is 0 Å². The second-order valence-electron chi connectivity index (χ2n) is 4.61. The molecule has 0 saturated carbocycles. The van der Waals surface area contributed by atoms with Gasteiger partial charge in [0.15, 0.2) is 0 Å². The van der Waals surface area contributed by atoms with Crippen LogP contribution >= 0.6 is 11.3 Å². The first-order valence-electron chi connectivity index (χ1n) is 6.18. The van der Waals surface area contributed by atoms with Crippen LogP contribution in [0.4, 0.5) is 10.1 Å². The third kappa shape index (κ3) is 2.42. The smallest absolute Gasteiger partial charge is 0.258 e. The van der Waals surface area contributed by atoms with Crippen LogP contribution in [0.3, 0.4) is 0 Å². The van der Waals surface area contributed by atoms with Crippen molar-refractivity contribution >= 4 is 33.0 Å². The normalized spacial score (nSPS) is 10.7. The molecule has 1 N–H and O–H groups in total. The minimum atomic E-state index is -0.510. The Kier molecular flexibility index (Phi) is 3.24. The van der Waals surface area contributed by atoms with Crippen LogP contribution in [0, 0.1) is 12.7 Å². The zero-order chi connectivity index (χ0) is 14.1. The van der Waals surface area contributed by atoms with Gasteiger partial charge in [0, 0.05) is 10.4 Å². The van der Waals surface area contributed by atoms with E-state index in [4.69, 9.17) is 0 Å². The minimum absolute atomic E-state index is 0.0652. The average Bonchev–Trinajstić information content (AvgIpc) is 2.89. The molecule has 3 aromatic rings. The van der Waals surface area contributed by atoms with Crippen molar-refractivity contribution in [3.05, 3.63) is 64.8 Å². The third-order valence-electron chi connectivity index (χ3n) is 3.08. The summed E-state index contributed by atoms with van der Waals surface area (Å²) in [6, 6.07) is 12.1. The Morgan fingerprint density at radius 2 is 2.00 bits per heavy atom. The Morgan fingerprint density at radius 3 is 2.85 bits per heavy atom. The van der Waals surface area contributed by atoms with E-state index >= 15 is 0 Å². The number of benzene rings is 2. The topological polar surface area (TPSA) is 29.1 Å². The molecule has 0 radical (unpaired) electrons. The van der Waals surface area contributed by atoms with Crippen molar-refractivity contribution in [3.63, 3.8) is 0 Å². The van der Waals surface area contributed by atoms with Gasteiger partial charge in [0.1, 0.15) is 5.82 Å². The predicted molar refractivity (Wildman–Crippen MR) is 80.9 cm³/mol. The number of halogens is 1. The molecule has 20 heavy (non-hydrogen) atoms.